The maximum absolute atomic E-state index is 9.89. The predicted octanol–water partition coefficient (Wildman–Crippen LogP) is 2.28. The van der Waals surface area contributed by atoms with Crippen molar-refractivity contribution >= 4 is 0 Å². The Balaban J connectivity index is 1.68. The number of nitrogens with one attached hydrogen (secondary N) is 1. The molecule has 2 aliphatic rings. The fraction of sp³-hybridized carbons (Fsp3) is 0.600. The van der Waals surface area contributed by atoms with Crippen molar-refractivity contribution in [1.29, 1.82) is 0 Å². The van der Waals surface area contributed by atoms with E-state index in [1.165, 1.54) is 32.4 Å². The monoisotopic (exact) mass is 246 g/mol. The Labute approximate surface area is 109 Å². The average Bonchev–Trinajstić information content (AvgIpc) is 2.94. The topological polar surface area (TPSA) is 35.5 Å². The molecule has 1 aromatic rings. The summed E-state index contributed by atoms with van der Waals surface area (Å²) < 4.78 is 0. The minimum absolute atomic E-state index is 0.219. The highest BCUT2D eigenvalue weighted by molar-refractivity contribution is 5.34. The third-order valence-corrected chi connectivity index (χ3v) is 4.47. The van der Waals surface area contributed by atoms with Gasteiger partial charge in [-0.1, -0.05) is 18.2 Å². The second-order valence-electron chi connectivity index (χ2n) is 5.59. The molecular formula is C15H22N2O. The highest BCUT2D eigenvalue weighted by Gasteiger charge is 2.37. The number of aromatic hydroxyl groups is 1. The summed E-state index contributed by atoms with van der Waals surface area (Å²) in [5.74, 6) is 0.402. The Morgan fingerprint density at radius 1 is 1.28 bits per heavy atom. The summed E-state index contributed by atoms with van der Waals surface area (Å²) in [6.45, 7) is 4.65. The lowest BCUT2D eigenvalue weighted by molar-refractivity contribution is 0.290. The van der Waals surface area contributed by atoms with E-state index in [4.69, 9.17) is 0 Å². The molecule has 98 valence electrons. The van der Waals surface area contributed by atoms with E-state index in [2.05, 4.69) is 17.1 Å². The number of nitrogens with zero attached hydrogens (tertiary/aromatic N) is 1. The normalized spacial score (nSPS) is 29.4. The van der Waals surface area contributed by atoms with Crippen LogP contribution in [0, 0.1) is 0 Å². The van der Waals surface area contributed by atoms with E-state index in [0.717, 1.165) is 11.6 Å². The molecule has 3 heteroatoms. The van der Waals surface area contributed by atoms with Crippen molar-refractivity contribution < 1.29 is 5.11 Å². The molecule has 2 aliphatic heterocycles. The number of para-hydroxylation sites is 1. The first-order valence-corrected chi connectivity index (χ1v) is 7.03. The quantitative estimate of drug-likeness (QED) is 0.859. The first-order valence-electron chi connectivity index (χ1n) is 7.03. The molecule has 0 spiro atoms. The van der Waals surface area contributed by atoms with Crippen molar-refractivity contribution in [3.63, 3.8) is 0 Å². The van der Waals surface area contributed by atoms with E-state index in [-0.39, 0.29) is 6.04 Å². The molecular weight excluding hydrogens is 224 g/mol. The first kappa shape index (κ1) is 12.0. The van der Waals surface area contributed by atoms with E-state index >= 15 is 0 Å². The summed E-state index contributed by atoms with van der Waals surface area (Å²) in [6.07, 6.45) is 3.90. The molecule has 0 saturated carbocycles. The zero-order valence-corrected chi connectivity index (χ0v) is 11.0. The molecule has 3 atom stereocenters. The van der Waals surface area contributed by atoms with Gasteiger partial charge in [-0.2, -0.15) is 0 Å². The van der Waals surface area contributed by atoms with Crippen LogP contribution in [0.15, 0.2) is 24.3 Å². The van der Waals surface area contributed by atoms with Gasteiger partial charge in [-0.15, -0.1) is 0 Å². The first-order chi connectivity index (χ1) is 8.75. The van der Waals surface area contributed by atoms with E-state index in [0.29, 0.717) is 11.8 Å². The molecule has 3 rings (SSSR count). The van der Waals surface area contributed by atoms with Gasteiger partial charge < -0.3 is 10.4 Å². The zero-order valence-electron chi connectivity index (χ0n) is 11.0. The van der Waals surface area contributed by atoms with Crippen molar-refractivity contribution in [3.8, 4) is 5.75 Å². The van der Waals surface area contributed by atoms with Gasteiger partial charge in [0.15, 0.2) is 0 Å². The largest absolute Gasteiger partial charge is 0.508 e. The number of benzene rings is 1. The molecule has 2 saturated heterocycles. The number of rotatable bonds is 3. The highest BCUT2D eigenvalue weighted by atomic mass is 16.3. The van der Waals surface area contributed by atoms with E-state index in [1.54, 1.807) is 6.07 Å². The Morgan fingerprint density at radius 2 is 2.11 bits per heavy atom. The second kappa shape index (κ2) is 4.90. The highest BCUT2D eigenvalue weighted by Crippen LogP contribution is 2.31. The third-order valence-electron chi connectivity index (χ3n) is 4.47. The van der Waals surface area contributed by atoms with E-state index < -0.39 is 0 Å². The summed E-state index contributed by atoms with van der Waals surface area (Å²) in [4.78, 5) is 2.61. The Morgan fingerprint density at radius 3 is 2.94 bits per heavy atom. The maximum atomic E-state index is 9.89. The van der Waals surface area contributed by atoms with Crippen LogP contribution in [0.1, 0.15) is 37.8 Å². The van der Waals surface area contributed by atoms with Crippen LogP contribution in [-0.2, 0) is 0 Å². The van der Waals surface area contributed by atoms with Crippen LogP contribution >= 0.6 is 0 Å². The Hall–Kier alpha value is -1.06. The van der Waals surface area contributed by atoms with Crippen molar-refractivity contribution in [1.82, 2.24) is 10.2 Å². The van der Waals surface area contributed by atoms with Crippen molar-refractivity contribution in [2.75, 3.05) is 13.1 Å². The average molecular weight is 246 g/mol. The Kier molecular flexibility index (Phi) is 3.27. The van der Waals surface area contributed by atoms with Crippen molar-refractivity contribution in [2.45, 2.75) is 44.3 Å². The summed E-state index contributed by atoms with van der Waals surface area (Å²) in [5, 5.41) is 13.6. The van der Waals surface area contributed by atoms with Gasteiger partial charge in [-0.25, -0.2) is 0 Å². The standard InChI is InChI=1S/C15H22N2O/c1-11(12-5-2-3-7-15(12)18)16-13-8-10-17-9-4-6-14(13)17/h2-3,5,7,11,13-14,16,18H,4,6,8-10H2,1H3. The van der Waals surface area contributed by atoms with Crippen molar-refractivity contribution in [3.05, 3.63) is 29.8 Å². The van der Waals surface area contributed by atoms with E-state index in [1.807, 2.05) is 18.2 Å². The van der Waals surface area contributed by atoms with Gasteiger partial charge in [-0.05, 0) is 38.8 Å². The Bertz CT molecular complexity index is 421. The number of fused-ring (bicyclic) bond motifs is 1. The van der Waals surface area contributed by atoms with Crippen LogP contribution < -0.4 is 5.32 Å². The molecule has 1 aromatic carbocycles. The molecule has 0 aromatic heterocycles. The van der Waals surface area contributed by atoms with Crippen LogP contribution in [0.4, 0.5) is 0 Å². The molecule has 3 nitrogen and oxygen atoms in total. The molecule has 0 amide bonds. The molecule has 2 fully saturated rings. The molecule has 18 heavy (non-hydrogen) atoms. The van der Waals surface area contributed by atoms with Gasteiger partial charge in [0.25, 0.3) is 0 Å². The summed E-state index contributed by atoms with van der Waals surface area (Å²) >= 11 is 0. The zero-order chi connectivity index (χ0) is 12.5. The fourth-order valence-corrected chi connectivity index (χ4v) is 3.54. The fourth-order valence-electron chi connectivity index (χ4n) is 3.54. The number of phenols is 1. The minimum atomic E-state index is 0.219. The maximum Gasteiger partial charge on any atom is 0.120 e. The van der Waals surface area contributed by atoms with Crippen LogP contribution in [0.5, 0.6) is 5.75 Å². The smallest absolute Gasteiger partial charge is 0.120 e. The summed E-state index contributed by atoms with van der Waals surface area (Å²) in [7, 11) is 0. The third kappa shape index (κ3) is 2.13. The van der Waals surface area contributed by atoms with Crippen LogP contribution in [0.25, 0.3) is 0 Å². The van der Waals surface area contributed by atoms with Gasteiger partial charge in [0, 0.05) is 30.2 Å². The van der Waals surface area contributed by atoms with E-state index in [9.17, 15) is 5.11 Å². The molecule has 0 bridgehead atoms. The predicted molar refractivity (Wildman–Crippen MR) is 72.7 cm³/mol. The van der Waals surface area contributed by atoms with Crippen molar-refractivity contribution in [2.24, 2.45) is 0 Å². The SMILES string of the molecule is CC(NC1CCN2CCCC12)c1ccccc1O. The number of hydrogen-bond donors (Lipinski definition) is 2. The number of phenolic OH excluding ortho intramolecular Hbond substituents is 1. The second-order valence-corrected chi connectivity index (χ2v) is 5.59. The summed E-state index contributed by atoms with van der Waals surface area (Å²) in [5.41, 5.74) is 1.01. The van der Waals surface area contributed by atoms with Gasteiger partial charge >= 0.3 is 0 Å². The van der Waals surface area contributed by atoms with Gasteiger partial charge in [0.2, 0.25) is 0 Å². The summed E-state index contributed by atoms with van der Waals surface area (Å²) in [6, 6.07) is 9.17. The molecule has 2 heterocycles. The number of hydrogen-bond acceptors (Lipinski definition) is 3. The lowest BCUT2D eigenvalue weighted by atomic mass is 10.0. The minimum Gasteiger partial charge on any atom is -0.508 e. The lowest BCUT2D eigenvalue weighted by Crippen LogP contribution is -2.40. The molecule has 0 aliphatic carbocycles. The van der Waals surface area contributed by atoms with Crippen LogP contribution in [0.3, 0.4) is 0 Å². The molecule has 2 N–H and O–H groups in total. The van der Waals surface area contributed by atoms with Crippen LogP contribution in [-0.4, -0.2) is 35.2 Å². The van der Waals surface area contributed by atoms with Gasteiger partial charge in [-0.3, -0.25) is 4.90 Å². The molecule has 3 unspecified atom stereocenters. The van der Waals surface area contributed by atoms with Crippen LogP contribution in [0.2, 0.25) is 0 Å². The van der Waals surface area contributed by atoms with Gasteiger partial charge in [0.1, 0.15) is 5.75 Å². The lowest BCUT2D eigenvalue weighted by Gasteiger charge is -2.25. The molecule has 0 radical (unpaired) electrons. The van der Waals surface area contributed by atoms with Gasteiger partial charge in [0.05, 0.1) is 0 Å².